The van der Waals surface area contributed by atoms with E-state index in [1.165, 1.54) is 11.1 Å². The molecule has 2 aromatic carbocycles. The molecule has 3 rings (SSSR count). The van der Waals surface area contributed by atoms with Gasteiger partial charge in [0.05, 0.1) is 11.9 Å². The fourth-order valence-corrected chi connectivity index (χ4v) is 2.45. The molecule has 3 aromatic rings. The van der Waals surface area contributed by atoms with Crippen LogP contribution in [0.5, 0.6) is 0 Å². The molecule has 0 radical (unpaired) electrons. The fourth-order valence-electron chi connectivity index (χ4n) is 2.45. The van der Waals surface area contributed by atoms with E-state index >= 15 is 0 Å². The Hall–Kier alpha value is -2.39. The molecule has 0 saturated carbocycles. The topological polar surface area (TPSA) is 48.9 Å². The summed E-state index contributed by atoms with van der Waals surface area (Å²) in [7, 11) is 0. The quantitative estimate of drug-likeness (QED) is 0.766. The molecule has 2 N–H and O–H groups in total. The predicted octanol–water partition coefficient (Wildman–Crippen LogP) is 3.78. The molecule has 0 bridgehead atoms. The van der Waals surface area contributed by atoms with Crippen molar-refractivity contribution in [1.29, 1.82) is 0 Å². The molecule has 1 heterocycles. The van der Waals surface area contributed by atoms with Crippen molar-refractivity contribution in [3.63, 3.8) is 0 Å². The van der Waals surface area contributed by atoms with Crippen LogP contribution in [0.4, 0.5) is 0 Å². The molecule has 0 spiro atoms. The molecule has 0 saturated heterocycles. The summed E-state index contributed by atoms with van der Waals surface area (Å²) in [6.07, 6.45) is 1.01. The average Bonchev–Trinajstić information content (AvgIpc) is 2.99. The van der Waals surface area contributed by atoms with Crippen molar-refractivity contribution in [2.75, 3.05) is 0 Å². The summed E-state index contributed by atoms with van der Waals surface area (Å²) in [6.45, 7) is 4.12. The molecule has 0 aliphatic heterocycles. The third-order valence-corrected chi connectivity index (χ3v) is 3.87. The Labute approximate surface area is 124 Å². The van der Waals surface area contributed by atoms with Gasteiger partial charge in [-0.1, -0.05) is 48.5 Å². The van der Waals surface area contributed by atoms with Crippen molar-refractivity contribution < 1.29 is 5.11 Å². The van der Waals surface area contributed by atoms with Gasteiger partial charge in [0.25, 0.3) is 0 Å². The van der Waals surface area contributed by atoms with Gasteiger partial charge in [-0.3, -0.25) is 5.10 Å². The summed E-state index contributed by atoms with van der Waals surface area (Å²) in [5.41, 5.74) is 5.97. The highest BCUT2D eigenvalue weighted by Crippen LogP contribution is 2.30. The van der Waals surface area contributed by atoms with Crippen LogP contribution < -0.4 is 0 Å². The van der Waals surface area contributed by atoms with Gasteiger partial charge in [-0.15, -0.1) is 0 Å². The highest BCUT2D eigenvalue weighted by Gasteiger charge is 2.18. The number of aryl methyl sites for hydroxylation is 2. The predicted molar refractivity (Wildman–Crippen MR) is 84.0 cm³/mol. The highest BCUT2D eigenvalue weighted by molar-refractivity contribution is 5.63. The summed E-state index contributed by atoms with van der Waals surface area (Å²) >= 11 is 0. The lowest BCUT2D eigenvalue weighted by Crippen LogP contribution is -2.01. The minimum atomic E-state index is -0.682. The van der Waals surface area contributed by atoms with Gasteiger partial charge in [-0.05, 0) is 36.1 Å². The normalized spacial score (nSPS) is 12.3. The maximum absolute atomic E-state index is 10.7. The molecule has 21 heavy (non-hydrogen) atoms. The van der Waals surface area contributed by atoms with Crippen LogP contribution in [0.1, 0.15) is 28.4 Å². The molecule has 0 aliphatic carbocycles. The first-order valence-corrected chi connectivity index (χ1v) is 7.00. The second-order valence-corrected chi connectivity index (χ2v) is 5.31. The molecule has 0 fully saturated rings. The number of hydrogen-bond acceptors (Lipinski definition) is 2. The zero-order valence-electron chi connectivity index (χ0n) is 12.2. The number of H-pyrrole nitrogens is 1. The average molecular weight is 278 g/mol. The van der Waals surface area contributed by atoms with Crippen LogP contribution in [0, 0.1) is 13.8 Å². The maximum atomic E-state index is 10.7. The smallest absolute Gasteiger partial charge is 0.108 e. The molecule has 1 unspecified atom stereocenters. The van der Waals surface area contributed by atoms with Gasteiger partial charge in [-0.25, -0.2) is 0 Å². The van der Waals surface area contributed by atoms with E-state index in [2.05, 4.69) is 24.0 Å². The minimum Gasteiger partial charge on any atom is -0.384 e. The minimum absolute atomic E-state index is 0.682. The van der Waals surface area contributed by atoms with E-state index in [4.69, 9.17) is 0 Å². The molecule has 1 atom stereocenters. The molecule has 1 aromatic heterocycles. The number of aromatic amines is 1. The molecule has 3 heteroatoms. The van der Waals surface area contributed by atoms with Crippen LogP contribution in [0.2, 0.25) is 0 Å². The largest absolute Gasteiger partial charge is 0.384 e. The zero-order chi connectivity index (χ0) is 14.8. The fraction of sp³-hybridized carbons (Fsp3) is 0.167. The van der Waals surface area contributed by atoms with Gasteiger partial charge in [0.1, 0.15) is 6.10 Å². The van der Waals surface area contributed by atoms with Crippen molar-refractivity contribution >= 4 is 0 Å². The lowest BCUT2D eigenvalue weighted by Gasteiger charge is -2.13. The second kappa shape index (κ2) is 5.54. The van der Waals surface area contributed by atoms with Crippen LogP contribution in [-0.2, 0) is 0 Å². The van der Waals surface area contributed by atoms with E-state index in [0.29, 0.717) is 0 Å². The maximum Gasteiger partial charge on any atom is 0.108 e. The Morgan fingerprint density at radius 2 is 1.76 bits per heavy atom. The highest BCUT2D eigenvalue weighted by atomic mass is 16.3. The summed E-state index contributed by atoms with van der Waals surface area (Å²) in [5, 5.41) is 17.8. The zero-order valence-corrected chi connectivity index (χ0v) is 12.2. The SMILES string of the molecule is Cc1ccc(C(O)c2cn[nH]c2-c2ccccc2)cc1C. The molecule has 3 nitrogen and oxygen atoms in total. The lowest BCUT2D eigenvalue weighted by atomic mass is 9.96. The van der Waals surface area contributed by atoms with Crippen molar-refractivity contribution in [3.8, 4) is 11.3 Å². The van der Waals surface area contributed by atoms with Gasteiger partial charge in [0.2, 0.25) is 0 Å². The monoisotopic (exact) mass is 278 g/mol. The van der Waals surface area contributed by atoms with Crippen LogP contribution in [0.3, 0.4) is 0 Å². The summed E-state index contributed by atoms with van der Waals surface area (Å²) in [4.78, 5) is 0. The van der Waals surface area contributed by atoms with Crippen LogP contribution in [0.15, 0.2) is 54.7 Å². The lowest BCUT2D eigenvalue weighted by molar-refractivity contribution is 0.221. The third-order valence-electron chi connectivity index (χ3n) is 3.87. The van der Waals surface area contributed by atoms with Crippen molar-refractivity contribution in [2.45, 2.75) is 20.0 Å². The standard InChI is InChI=1S/C18H18N2O/c1-12-8-9-15(10-13(12)2)18(21)16-11-19-20-17(16)14-6-4-3-5-7-14/h3-11,18,21H,1-2H3,(H,19,20). The first-order chi connectivity index (χ1) is 10.2. The Bertz CT molecular complexity index is 747. The Kier molecular flexibility index (Phi) is 3.59. The van der Waals surface area contributed by atoms with Gasteiger partial charge in [0, 0.05) is 5.56 Å². The molecular weight excluding hydrogens is 260 g/mol. The third kappa shape index (κ3) is 2.60. The second-order valence-electron chi connectivity index (χ2n) is 5.31. The number of aliphatic hydroxyl groups excluding tert-OH is 1. The van der Waals surface area contributed by atoms with E-state index in [1.807, 2.05) is 48.5 Å². The molecule has 0 aliphatic rings. The number of hydrogen-bond donors (Lipinski definition) is 2. The number of nitrogens with zero attached hydrogens (tertiary/aromatic N) is 1. The van der Waals surface area contributed by atoms with Crippen molar-refractivity contribution in [3.05, 3.63) is 77.0 Å². The first-order valence-electron chi connectivity index (χ1n) is 7.00. The van der Waals surface area contributed by atoms with Gasteiger partial charge >= 0.3 is 0 Å². The van der Waals surface area contributed by atoms with Crippen LogP contribution in [0.25, 0.3) is 11.3 Å². The van der Waals surface area contributed by atoms with Gasteiger partial charge in [0.15, 0.2) is 0 Å². The Morgan fingerprint density at radius 3 is 2.48 bits per heavy atom. The van der Waals surface area contributed by atoms with Gasteiger partial charge in [-0.2, -0.15) is 5.10 Å². The van der Waals surface area contributed by atoms with E-state index < -0.39 is 6.10 Å². The molecular formula is C18H18N2O. The number of aliphatic hydroxyl groups is 1. The van der Waals surface area contributed by atoms with Gasteiger partial charge < -0.3 is 5.11 Å². The van der Waals surface area contributed by atoms with Crippen LogP contribution in [-0.4, -0.2) is 15.3 Å². The number of nitrogens with one attached hydrogen (secondary N) is 1. The van der Waals surface area contributed by atoms with E-state index in [1.54, 1.807) is 6.20 Å². The summed E-state index contributed by atoms with van der Waals surface area (Å²) in [5.74, 6) is 0. The van der Waals surface area contributed by atoms with E-state index in [-0.39, 0.29) is 0 Å². The number of aromatic nitrogens is 2. The summed E-state index contributed by atoms with van der Waals surface area (Å²) < 4.78 is 0. The Morgan fingerprint density at radius 1 is 1.00 bits per heavy atom. The van der Waals surface area contributed by atoms with Crippen molar-refractivity contribution in [1.82, 2.24) is 10.2 Å². The first kappa shape index (κ1) is 13.6. The van der Waals surface area contributed by atoms with Crippen LogP contribution >= 0.6 is 0 Å². The number of benzene rings is 2. The molecule has 0 amide bonds. The number of rotatable bonds is 3. The Balaban J connectivity index is 2.01. The summed E-state index contributed by atoms with van der Waals surface area (Å²) in [6, 6.07) is 16.0. The molecule has 106 valence electrons. The van der Waals surface area contributed by atoms with Crippen molar-refractivity contribution in [2.24, 2.45) is 0 Å². The van der Waals surface area contributed by atoms with E-state index in [0.717, 1.165) is 22.4 Å². The van der Waals surface area contributed by atoms with E-state index in [9.17, 15) is 5.11 Å².